The largest absolute Gasteiger partial charge is 0.335 e. The maximum atomic E-state index is 13.1. The summed E-state index contributed by atoms with van der Waals surface area (Å²) < 4.78 is 13.1. The van der Waals surface area contributed by atoms with Crippen molar-refractivity contribution in [2.24, 2.45) is 0 Å². The fourth-order valence-corrected chi connectivity index (χ4v) is 4.51. The molecule has 0 aromatic heterocycles. The van der Waals surface area contributed by atoms with Crippen LogP contribution >= 0.6 is 11.8 Å². The average molecular weight is 399 g/mol. The van der Waals surface area contributed by atoms with Crippen LogP contribution in [0, 0.1) is 5.82 Å². The molecule has 1 heterocycles. The van der Waals surface area contributed by atoms with Crippen molar-refractivity contribution in [3.05, 3.63) is 59.9 Å². The fourth-order valence-electron chi connectivity index (χ4n) is 3.51. The third-order valence-electron chi connectivity index (χ3n) is 5.16. The molecule has 2 aromatic rings. The van der Waals surface area contributed by atoms with Gasteiger partial charge in [0, 0.05) is 42.6 Å². The van der Waals surface area contributed by atoms with Crippen LogP contribution in [-0.4, -0.2) is 35.1 Å². The van der Waals surface area contributed by atoms with Crippen molar-refractivity contribution in [1.82, 2.24) is 4.90 Å². The van der Waals surface area contributed by atoms with Crippen LogP contribution in [0.4, 0.5) is 10.1 Å². The summed E-state index contributed by atoms with van der Waals surface area (Å²) in [5.41, 5.74) is 1.86. The zero-order valence-corrected chi connectivity index (χ0v) is 16.5. The lowest BCUT2D eigenvalue weighted by molar-refractivity contribution is -0.134. The van der Waals surface area contributed by atoms with Crippen molar-refractivity contribution in [2.45, 2.75) is 43.2 Å². The molecule has 2 aliphatic rings. The van der Waals surface area contributed by atoms with Gasteiger partial charge in [0.2, 0.25) is 11.8 Å². The molecule has 146 valence electrons. The smallest absolute Gasteiger partial charge is 0.227 e. The maximum absolute atomic E-state index is 13.1. The van der Waals surface area contributed by atoms with Gasteiger partial charge < -0.3 is 9.80 Å². The number of amides is 2. The number of rotatable bonds is 6. The molecule has 0 saturated heterocycles. The molecule has 4 nitrogen and oxygen atoms in total. The van der Waals surface area contributed by atoms with Gasteiger partial charge in [-0.3, -0.25) is 9.59 Å². The zero-order valence-electron chi connectivity index (χ0n) is 15.6. The lowest BCUT2D eigenvalue weighted by atomic mass is 10.1. The van der Waals surface area contributed by atoms with Gasteiger partial charge in [-0.15, -0.1) is 11.8 Å². The predicted molar refractivity (Wildman–Crippen MR) is 109 cm³/mol. The van der Waals surface area contributed by atoms with Gasteiger partial charge in [0.1, 0.15) is 5.82 Å². The molecular weight excluding hydrogens is 375 g/mol. The molecule has 4 rings (SSSR count). The van der Waals surface area contributed by atoms with E-state index in [9.17, 15) is 14.0 Å². The van der Waals surface area contributed by atoms with Crippen molar-refractivity contribution in [3.8, 4) is 0 Å². The summed E-state index contributed by atoms with van der Waals surface area (Å²) in [4.78, 5) is 30.3. The van der Waals surface area contributed by atoms with Gasteiger partial charge in [0.05, 0.1) is 5.69 Å². The topological polar surface area (TPSA) is 40.6 Å². The van der Waals surface area contributed by atoms with E-state index in [2.05, 4.69) is 0 Å². The van der Waals surface area contributed by atoms with Crippen molar-refractivity contribution in [1.29, 1.82) is 0 Å². The summed E-state index contributed by atoms with van der Waals surface area (Å²) in [5, 5.41) is 0. The summed E-state index contributed by atoms with van der Waals surface area (Å²) in [7, 11) is 0. The number of carbonyl (C=O) groups excluding carboxylic acids is 2. The number of benzene rings is 2. The minimum Gasteiger partial charge on any atom is -0.335 e. The summed E-state index contributed by atoms with van der Waals surface area (Å²) in [5.74, 6) is 0.590. The van der Waals surface area contributed by atoms with Crippen molar-refractivity contribution >= 4 is 29.3 Å². The van der Waals surface area contributed by atoms with Crippen molar-refractivity contribution < 1.29 is 14.0 Å². The van der Waals surface area contributed by atoms with Gasteiger partial charge in [-0.05, 0) is 42.7 Å². The highest BCUT2D eigenvalue weighted by atomic mass is 32.2. The second-order valence-electron chi connectivity index (χ2n) is 7.24. The Morgan fingerprint density at radius 3 is 2.57 bits per heavy atom. The van der Waals surface area contributed by atoms with Crippen LogP contribution < -0.4 is 4.90 Å². The van der Waals surface area contributed by atoms with Gasteiger partial charge in [0.25, 0.3) is 0 Å². The number of thioether (sulfide) groups is 1. The highest BCUT2D eigenvalue weighted by Crippen LogP contribution is 2.35. The van der Waals surface area contributed by atoms with Crippen molar-refractivity contribution in [3.63, 3.8) is 0 Å². The Morgan fingerprint density at radius 2 is 1.82 bits per heavy atom. The summed E-state index contributed by atoms with van der Waals surface area (Å²) in [6.07, 6.45) is 2.42. The van der Waals surface area contributed by atoms with Crippen LogP contribution in [0.15, 0.2) is 53.4 Å². The standard InChI is InChI=1S/C22H23FN2O2S/c23-17-7-5-16(6-8-17)15-25(18-9-10-18)22(27)12-11-21(26)24-13-14-28-20-4-2-1-3-19(20)24/h1-8,18H,9-15H2. The molecule has 28 heavy (non-hydrogen) atoms. The highest BCUT2D eigenvalue weighted by Gasteiger charge is 2.33. The highest BCUT2D eigenvalue weighted by molar-refractivity contribution is 7.99. The number of anilines is 1. The Hall–Kier alpha value is -2.34. The van der Waals surface area contributed by atoms with E-state index < -0.39 is 0 Å². The molecule has 0 unspecified atom stereocenters. The van der Waals surface area contributed by atoms with Crippen LogP contribution in [0.1, 0.15) is 31.2 Å². The number of hydrogen-bond donors (Lipinski definition) is 0. The first kappa shape index (κ1) is 19.0. The van der Waals surface area contributed by atoms with Gasteiger partial charge in [-0.2, -0.15) is 0 Å². The van der Waals surface area contributed by atoms with Gasteiger partial charge in [0.15, 0.2) is 0 Å². The molecule has 1 aliphatic carbocycles. The van der Waals surface area contributed by atoms with E-state index >= 15 is 0 Å². The lowest BCUT2D eigenvalue weighted by Crippen LogP contribution is -2.37. The van der Waals surface area contributed by atoms with E-state index in [1.165, 1.54) is 12.1 Å². The quantitative estimate of drug-likeness (QED) is 0.731. The molecule has 2 amide bonds. The monoisotopic (exact) mass is 398 g/mol. The van der Waals surface area contributed by atoms with Crippen LogP contribution in [-0.2, 0) is 16.1 Å². The molecular formula is C22H23FN2O2S. The SMILES string of the molecule is O=C(CCC(=O)N(Cc1ccc(F)cc1)C1CC1)N1CCSc2ccccc21. The number of nitrogens with zero attached hydrogens (tertiary/aromatic N) is 2. The normalized spacial score (nSPS) is 15.8. The predicted octanol–water partition coefficient (Wildman–Crippen LogP) is 4.24. The van der Waals surface area contributed by atoms with Gasteiger partial charge >= 0.3 is 0 Å². The molecule has 1 aliphatic heterocycles. The molecule has 0 radical (unpaired) electrons. The minimum atomic E-state index is -0.279. The van der Waals surface area contributed by atoms with Gasteiger partial charge in [-0.25, -0.2) is 4.39 Å². The Morgan fingerprint density at radius 1 is 1.07 bits per heavy atom. The summed E-state index contributed by atoms with van der Waals surface area (Å²) >= 11 is 1.76. The van der Waals surface area contributed by atoms with E-state index in [1.807, 2.05) is 29.2 Å². The van der Waals surface area contributed by atoms with E-state index in [1.54, 1.807) is 28.8 Å². The number of halogens is 1. The molecule has 0 atom stereocenters. The van der Waals surface area contributed by atoms with E-state index in [4.69, 9.17) is 0 Å². The van der Waals surface area contributed by atoms with E-state index in [0.29, 0.717) is 13.1 Å². The molecule has 6 heteroatoms. The molecule has 1 fully saturated rings. The first-order valence-corrected chi connectivity index (χ1v) is 10.7. The number of fused-ring (bicyclic) bond motifs is 1. The Balaban J connectivity index is 1.37. The second kappa shape index (κ2) is 8.35. The Bertz CT molecular complexity index is 867. The van der Waals surface area contributed by atoms with E-state index in [-0.39, 0.29) is 36.5 Å². The Kier molecular flexibility index (Phi) is 5.67. The molecule has 0 spiro atoms. The average Bonchev–Trinajstić information content (AvgIpc) is 3.56. The number of para-hydroxylation sites is 1. The molecule has 0 N–H and O–H groups in total. The summed E-state index contributed by atoms with van der Waals surface area (Å²) in [6.45, 7) is 1.15. The molecule has 1 saturated carbocycles. The fraction of sp³-hybridized carbons (Fsp3) is 0.364. The number of hydrogen-bond acceptors (Lipinski definition) is 3. The summed E-state index contributed by atoms with van der Waals surface area (Å²) in [6, 6.07) is 14.4. The first-order valence-electron chi connectivity index (χ1n) is 9.68. The van der Waals surface area contributed by atoms with Gasteiger partial charge in [-0.1, -0.05) is 24.3 Å². The third kappa shape index (κ3) is 4.38. The van der Waals surface area contributed by atoms with Crippen LogP contribution in [0.25, 0.3) is 0 Å². The van der Waals surface area contributed by atoms with Crippen LogP contribution in [0.2, 0.25) is 0 Å². The van der Waals surface area contributed by atoms with Crippen LogP contribution in [0.3, 0.4) is 0 Å². The minimum absolute atomic E-state index is 0.000144. The first-order chi connectivity index (χ1) is 13.6. The van der Waals surface area contributed by atoms with E-state index in [0.717, 1.165) is 34.7 Å². The zero-order chi connectivity index (χ0) is 19.5. The lowest BCUT2D eigenvalue weighted by Gasteiger charge is -2.29. The van der Waals surface area contributed by atoms with Crippen LogP contribution in [0.5, 0.6) is 0 Å². The molecule has 2 aromatic carbocycles. The maximum Gasteiger partial charge on any atom is 0.227 e. The Labute approximate surface area is 168 Å². The van der Waals surface area contributed by atoms with Crippen molar-refractivity contribution in [2.75, 3.05) is 17.2 Å². The number of carbonyl (C=O) groups is 2. The molecule has 0 bridgehead atoms. The third-order valence-corrected chi connectivity index (χ3v) is 6.20. The second-order valence-corrected chi connectivity index (χ2v) is 8.38.